The van der Waals surface area contributed by atoms with Crippen molar-refractivity contribution in [3.63, 3.8) is 0 Å². The van der Waals surface area contributed by atoms with Gasteiger partial charge in [-0.05, 0) is 43.3 Å². The molecule has 124 valence electrons. The van der Waals surface area contributed by atoms with Gasteiger partial charge in [-0.1, -0.05) is 29.8 Å². The van der Waals surface area contributed by atoms with Gasteiger partial charge in [0.15, 0.2) is 0 Å². The lowest BCUT2D eigenvalue weighted by Gasteiger charge is -2.24. The Bertz CT molecular complexity index is 919. The van der Waals surface area contributed by atoms with Crippen LogP contribution in [0.4, 0.5) is 10.1 Å². The van der Waals surface area contributed by atoms with Gasteiger partial charge in [0.2, 0.25) is 0 Å². The van der Waals surface area contributed by atoms with E-state index in [1.807, 2.05) is 6.92 Å². The third kappa shape index (κ3) is 3.19. The molecular formula is C18H16FNO3S. The maximum Gasteiger partial charge on any atom is 0.267 e. The van der Waals surface area contributed by atoms with E-state index in [4.69, 9.17) is 4.42 Å². The van der Waals surface area contributed by atoms with Crippen molar-refractivity contribution in [1.82, 2.24) is 0 Å². The number of rotatable bonds is 5. The molecule has 2 aromatic carbocycles. The van der Waals surface area contributed by atoms with Crippen molar-refractivity contribution < 1.29 is 17.2 Å². The predicted molar refractivity (Wildman–Crippen MR) is 89.7 cm³/mol. The molecule has 3 rings (SSSR count). The van der Waals surface area contributed by atoms with Gasteiger partial charge in [0, 0.05) is 0 Å². The summed E-state index contributed by atoms with van der Waals surface area (Å²) in [6.45, 7) is 1.89. The van der Waals surface area contributed by atoms with E-state index in [9.17, 15) is 12.8 Å². The Morgan fingerprint density at radius 1 is 1.00 bits per heavy atom. The molecule has 0 N–H and O–H groups in total. The molecule has 0 amide bonds. The zero-order chi connectivity index (χ0) is 17.2. The van der Waals surface area contributed by atoms with Gasteiger partial charge in [-0.25, -0.2) is 12.8 Å². The van der Waals surface area contributed by atoms with Crippen LogP contribution in [-0.4, -0.2) is 8.42 Å². The van der Waals surface area contributed by atoms with E-state index < -0.39 is 15.8 Å². The van der Waals surface area contributed by atoms with Crippen molar-refractivity contribution in [3.05, 3.63) is 84.1 Å². The first-order valence-corrected chi connectivity index (χ1v) is 8.79. The minimum atomic E-state index is -4.08. The van der Waals surface area contributed by atoms with Crippen molar-refractivity contribution in [3.8, 4) is 0 Å². The molecule has 0 aliphatic rings. The van der Waals surface area contributed by atoms with Crippen LogP contribution < -0.4 is 4.31 Å². The van der Waals surface area contributed by atoms with E-state index in [0.717, 1.165) is 15.9 Å². The van der Waals surface area contributed by atoms with Crippen molar-refractivity contribution in [2.75, 3.05) is 4.31 Å². The number of furan rings is 1. The standard InChI is InChI=1S/C18H16FNO3S/c1-14-8-10-15(11-9-14)20(13-16-5-4-12-23-16)24(21,22)18-7-3-2-6-17(18)19/h2-12H,13H2,1H3. The number of sulfonamides is 1. The number of hydrogen-bond donors (Lipinski definition) is 0. The quantitative estimate of drug-likeness (QED) is 0.699. The van der Waals surface area contributed by atoms with Gasteiger partial charge in [0.1, 0.15) is 16.5 Å². The molecule has 0 aliphatic carbocycles. The van der Waals surface area contributed by atoms with Crippen molar-refractivity contribution in [2.45, 2.75) is 18.4 Å². The molecule has 0 radical (unpaired) electrons. The van der Waals surface area contributed by atoms with Crippen molar-refractivity contribution >= 4 is 15.7 Å². The van der Waals surface area contributed by atoms with Gasteiger partial charge in [0.25, 0.3) is 10.0 Å². The van der Waals surface area contributed by atoms with Crippen LogP contribution in [0.1, 0.15) is 11.3 Å². The van der Waals surface area contributed by atoms with Crippen LogP contribution in [0, 0.1) is 12.7 Å². The summed E-state index contributed by atoms with van der Waals surface area (Å²) in [5.41, 5.74) is 1.44. The van der Waals surface area contributed by atoms with Crippen molar-refractivity contribution in [2.24, 2.45) is 0 Å². The second kappa shape index (κ2) is 6.49. The van der Waals surface area contributed by atoms with E-state index in [0.29, 0.717) is 11.4 Å². The molecule has 0 spiro atoms. The lowest BCUT2D eigenvalue weighted by molar-refractivity contribution is 0.507. The smallest absolute Gasteiger partial charge is 0.267 e. The molecule has 0 saturated heterocycles. The lowest BCUT2D eigenvalue weighted by atomic mass is 10.2. The summed E-state index contributed by atoms with van der Waals surface area (Å²) in [7, 11) is -4.08. The molecule has 0 unspecified atom stereocenters. The zero-order valence-electron chi connectivity index (χ0n) is 13.0. The third-order valence-electron chi connectivity index (χ3n) is 3.61. The van der Waals surface area contributed by atoms with Crippen LogP contribution in [0.5, 0.6) is 0 Å². The summed E-state index contributed by atoms with van der Waals surface area (Å²) >= 11 is 0. The summed E-state index contributed by atoms with van der Waals surface area (Å²) in [5.74, 6) is -0.315. The Balaban J connectivity index is 2.10. The van der Waals surface area contributed by atoms with E-state index in [1.165, 1.54) is 24.5 Å². The third-order valence-corrected chi connectivity index (χ3v) is 5.41. The number of anilines is 1. The summed E-state index contributed by atoms with van der Waals surface area (Å²) < 4.78 is 46.5. The number of aryl methyl sites for hydroxylation is 1. The Hall–Kier alpha value is -2.60. The monoisotopic (exact) mass is 345 g/mol. The zero-order valence-corrected chi connectivity index (χ0v) is 13.8. The van der Waals surface area contributed by atoms with E-state index >= 15 is 0 Å². The van der Waals surface area contributed by atoms with Crippen LogP contribution in [0.25, 0.3) is 0 Å². The fourth-order valence-electron chi connectivity index (χ4n) is 2.34. The van der Waals surface area contributed by atoms with Gasteiger partial charge in [-0.2, -0.15) is 0 Å². The van der Waals surface area contributed by atoms with E-state index in [-0.39, 0.29) is 11.4 Å². The largest absolute Gasteiger partial charge is 0.467 e. The highest BCUT2D eigenvalue weighted by molar-refractivity contribution is 7.92. The Morgan fingerprint density at radius 3 is 2.33 bits per heavy atom. The minimum absolute atomic E-state index is 0.0211. The van der Waals surface area contributed by atoms with Crippen LogP contribution in [0.15, 0.2) is 76.2 Å². The number of nitrogens with zero attached hydrogens (tertiary/aromatic N) is 1. The molecule has 1 heterocycles. The lowest BCUT2D eigenvalue weighted by Crippen LogP contribution is -2.31. The van der Waals surface area contributed by atoms with Crippen LogP contribution in [0.3, 0.4) is 0 Å². The maximum absolute atomic E-state index is 14.1. The average molecular weight is 345 g/mol. The van der Waals surface area contributed by atoms with Crippen LogP contribution in [-0.2, 0) is 16.6 Å². The molecule has 0 fully saturated rings. The van der Waals surface area contributed by atoms with Gasteiger partial charge in [-0.15, -0.1) is 0 Å². The normalized spacial score (nSPS) is 11.4. The number of benzene rings is 2. The molecule has 0 bridgehead atoms. The molecule has 0 aliphatic heterocycles. The molecule has 0 saturated carbocycles. The summed E-state index contributed by atoms with van der Waals surface area (Å²) in [5, 5.41) is 0. The number of hydrogen-bond acceptors (Lipinski definition) is 3. The molecule has 3 aromatic rings. The van der Waals surface area contributed by atoms with Crippen LogP contribution in [0.2, 0.25) is 0 Å². The van der Waals surface area contributed by atoms with Crippen LogP contribution >= 0.6 is 0 Å². The Labute approximate surface area is 140 Å². The fourth-order valence-corrected chi connectivity index (χ4v) is 3.84. The van der Waals surface area contributed by atoms with E-state index in [2.05, 4.69) is 0 Å². The summed E-state index contributed by atoms with van der Waals surface area (Å²) in [6.07, 6.45) is 1.47. The van der Waals surface area contributed by atoms with Gasteiger partial charge in [0.05, 0.1) is 18.5 Å². The fraction of sp³-hybridized carbons (Fsp3) is 0.111. The Kier molecular flexibility index (Phi) is 4.40. The van der Waals surface area contributed by atoms with Gasteiger partial charge >= 0.3 is 0 Å². The summed E-state index contributed by atoms with van der Waals surface area (Å²) in [4.78, 5) is -0.364. The second-order valence-electron chi connectivity index (χ2n) is 5.36. The molecular weight excluding hydrogens is 329 g/mol. The van der Waals surface area contributed by atoms with Gasteiger partial charge in [-0.3, -0.25) is 4.31 Å². The van der Waals surface area contributed by atoms with E-state index in [1.54, 1.807) is 36.4 Å². The Morgan fingerprint density at radius 2 is 1.71 bits per heavy atom. The highest BCUT2D eigenvalue weighted by Crippen LogP contribution is 2.27. The molecule has 24 heavy (non-hydrogen) atoms. The molecule has 1 aromatic heterocycles. The summed E-state index contributed by atoms with van der Waals surface area (Å²) in [6, 6.07) is 15.7. The number of halogens is 1. The minimum Gasteiger partial charge on any atom is -0.467 e. The van der Waals surface area contributed by atoms with Gasteiger partial charge < -0.3 is 4.42 Å². The molecule has 0 atom stereocenters. The predicted octanol–water partition coefficient (Wildman–Crippen LogP) is 4.12. The first-order chi connectivity index (χ1) is 11.5. The maximum atomic E-state index is 14.1. The van der Waals surface area contributed by atoms with Crippen molar-refractivity contribution in [1.29, 1.82) is 0 Å². The first kappa shape index (κ1) is 16.3. The average Bonchev–Trinajstić information content (AvgIpc) is 3.07. The molecule has 4 nitrogen and oxygen atoms in total. The first-order valence-electron chi connectivity index (χ1n) is 7.35. The highest BCUT2D eigenvalue weighted by atomic mass is 32.2. The second-order valence-corrected chi connectivity index (χ2v) is 7.19. The highest BCUT2D eigenvalue weighted by Gasteiger charge is 2.28. The topological polar surface area (TPSA) is 50.5 Å². The molecule has 6 heteroatoms. The SMILES string of the molecule is Cc1ccc(N(Cc2ccco2)S(=O)(=O)c2ccccc2F)cc1.